The van der Waals surface area contributed by atoms with E-state index < -0.39 is 5.97 Å². The maximum atomic E-state index is 10.9. The number of hydrogen-bond donors (Lipinski definition) is 1. The summed E-state index contributed by atoms with van der Waals surface area (Å²) in [6, 6.07) is 17.3. The molecule has 0 heterocycles. The Morgan fingerprint density at radius 2 is 1.50 bits per heavy atom. The van der Waals surface area contributed by atoms with E-state index in [0.717, 1.165) is 16.2 Å². The minimum Gasteiger partial charge on any atom is -0.478 e. The Hall–Kier alpha value is -1.87. The molecule has 0 amide bonds. The first-order chi connectivity index (χ1) is 8.25. The highest BCUT2D eigenvalue weighted by molar-refractivity contribution is 8.93. The molecule has 0 bridgehead atoms. The maximum absolute atomic E-state index is 10.9. The van der Waals surface area contributed by atoms with Gasteiger partial charge in [-0.1, -0.05) is 42.5 Å². The first-order valence-electron chi connectivity index (χ1n) is 5.40. The van der Waals surface area contributed by atoms with Crippen LogP contribution in [0.1, 0.15) is 10.4 Å². The molecule has 0 unspecified atom stereocenters. The summed E-state index contributed by atoms with van der Waals surface area (Å²) < 4.78 is 0. The van der Waals surface area contributed by atoms with Crippen LogP contribution in [0.25, 0.3) is 21.5 Å². The minimum atomic E-state index is -0.889. The van der Waals surface area contributed by atoms with Gasteiger partial charge in [0.15, 0.2) is 0 Å². The van der Waals surface area contributed by atoms with Crippen LogP contribution >= 0.6 is 17.0 Å². The van der Waals surface area contributed by atoms with Crippen LogP contribution in [0.3, 0.4) is 0 Å². The van der Waals surface area contributed by atoms with Gasteiger partial charge in [-0.05, 0) is 33.7 Å². The Labute approximate surface area is 115 Å². The summed E-state index contributed by atoms with van der Waals surface area (Å²) in [7, 11) is 0. The summed E-state index contributed by atoms with van der Waals surface area (Å²) in [6.45, 7) is 0. The predicted molar refractivity (Wildman–Crippen MR) is 78.7 cm³/mol. The van der Waals surface area contributed by atoms with Gasteiger partial charge in [-0.25, -0.2) is 4.79 Å². The van der Waals surface area contributed by atoms with Gasteiger partial charge < -0.3 is 5.11 Å². The molecule has 0 atom stereocenters. The highest BCUT2D eigenvalue weighted by atomic mass is 79.9. The van der Waals surface area contributed by atoms with Crippen molar-refractivity contribution in [2.45, 2.75) is 0 Å². The van der Waals surface area contributed by atoms with E-state index in [4.69, 9.17) is 5.11 Å². The number of rotatable bonds is 1. The van der Waals surface area contributed by atoms with Crippen LogP contribution in [0.5, 0.6) is 0 Å². The number of carboxylic acid groups (broad SMARTS) is 1. The molecule has 3 heteroatoms. The lowest BCUT2D eigenvalue weighted by molar-refractivity contribution is 0.0697. The molecule has 18 heavy (non-hydrogen) atoms. The average Bonchev–Trinajstić information content (AvgIpc) is 2.38. The molecular formula is C15H11BrO2. The van der Waals surface area contributed by atoms with Gasteiger partial charge in [-0.3, -0.25) is 0 Å². The van der Waals surface area contributed by atoms with Crippen molar-refractivity contribution in [3.8, 4) is 0 Å². The van der Waals surface area contributed by atoms with Crippen LogP contribution in [0.2, 0.25) is 0 Å². The molecule has 1 N–H and O–H groups in total. The fraction of sp³-hybridized carbons (Fsp3) is 0. The van der Waals surface area contributed by atoms with E-state index in [2.05, 4.69) is 12.1 Å². The molecular weight excluding hydrogens is 292 g/mol. The van der Waals surface area contributed by atoms with Gasteiger partial charge in [0.1, 0.15) is 0 Å². The first-order valence-corrected chi connectivity index (χ1v) is 5.40. The third-order valence-corrected chi connectivity index (χ3v) is 2.99. The highest BCUT2D eigenvalue weighted by Crippen LogP contribution is 2.25. The SMILES string of the molecule is Br.O=C(O)c1ccc2c(ccc3ccccc32)c1. The standard InChI is InChI=1S/C15H10O2.BrH/c16-15(17)12-7-8-14-11(9-12)6-5-10-3-1-2-4-13(10)14;/h1-9H,(H,16,17);1H. The van der Waals surface area contributed by atoms with Crippen LogP contribution in [0, 0.1) is 0 Å². The summed E-state index contributed by atoms with van der Waals surface area (Å²) in [6.07, 6.45) is 0. The second kappa shape index (κ2) is 4.78. The van der Waals surface area contributed by atoms with E-state index in [-0.39, 0.29) is 17.0 Å². The molecule has 0 aliphatic carbocycles. The number of halogens is 1. The van der Waals surface area contributed by atoms with Gasteiger partial charge in [-0.15, -0.1) is 17.0 Å². The van der Waals surface area contributed by atoms with E-state index in [1.54, 1.807) is 12.1 Å². The van der Waals surface area contributed by atoms with Gasteiger partial charge in [-0.2, -0.15) is 0 Å². The van der Waals surface area contributed by atoms with E-state index in [1.165, 1.54) is 5.39 Å². The zero-order chi connectivity index (χ0) is 11.8. The number of benzene rings is 3. The molecule has 0 aromatic heterocycles. The smallest absolute Gasteiger partial charge is 0.335 e. The topological polar surface area (TPSA) is 37.3 Å². The van der Waals surface area contributed by atoms with Crippen molar-refractivity contribution >= 4 is 44.5 Å². The summed E-state index contributed by atoms with van der Waals surface area (Å²) in [5.41, 5.74) is 0.327. The lowest BCUT2D eigenvalue weighted by Crippen LogP contribution is -1.95. The van der Waals surface area contributed by atoms with Crippen LogP contribution in [-0.4, -0.2) is 11.1 Å². The molecule has 0 aliphatic rings. The molecule has 0 fully saturated rings. The normalized spacial score (nSPS) is 10.2. The fourth-order valence-corrected chi connectivity index (χ4v) is 2.15. The molecule has 0 saturated heterocycles. The summed E-state index contributed by atoms with van der Waals surface area (Å²) >= 11 is 0. The molecule has 3 rings (SSSR count). The Balaban J connectivity index is 0.00000120. The summed E-state index contributed by atoms with van der Waals surface area (Å²) in [4.78, 5) is 10.9. The monoisotopic (exact) mass is 302 g/mol. The quantitative estimate of drug-likeness (QED) is 0.682. The minimum absolute atomic E-state index is 0. The van der Waals surface area contributed by atoms with Gasteiger partial charge in [0.2, 0.25) is 0 Å². The van der Waals surface area contributed by atoms with Gasteiger partial charge in [0, 0.05) is 0 Å². The number of fused-ring (bicyclic) bond motifs is 3. The maximum Gasteiger partial charge on any atom is 0.335 e. The highest BCUT2D eigenvalue weighted by Gasteiger charge is 2.05. The Bertz CT molecular complexity index is 735. The Kier molecular flexibility index (Phi) is 3.34. The second-order valence-corrected chi connectivity index (χ2v) is 4.03. The largest absolute Gasteiger partial charge is 0.478 e. The zero-order valence-corrected chi connectivity index (χ0v) is 11.2. The second-order valence-electron chi connectivity index (χ2n) is 4.03. The molecule has 0 spiro atoms. The van der Waals surface area contributed by atoms with E-state index in [1.807, 2.05) is 30.3 Å². The van der Waals surface area contributed by atoms with Crippen molar-refractivity contribution < 1.29 is 9.90 Å². The van der Waals surface area contributed by atoms with Gasteiger partial charge in [0.05, 0.1) is 5.56 Å². The van der Waals surface area contributed by atoms with Crippen molar-refractivity contribution in [3.05, 3.63) is 60.2 Å². The van der Waals surface area contributed by atoms with Gasteiger partial charge in [0.25, 0.3) is 0 Å². The fourth-order valence-electron chi connectivity index (χ4n) is 2.15. The van der Waals surface area contributed by atoms with Crippen molar-refractivity contribution in [3.63, 3.8) is 0 Å². The third kappa shape index (κ3) is 1.97. The Morgan fingerprint density at radius 1 is 0.833 bits per heavy atom. The predicted octanol–water partition coefficient (Wildman–Crippen LogP) is 4.27. The molecule has 2 nitrogen and oxygen atoms in total. The summed E-state index contributed by atoms with van der Waals surface area (Å²) in [5.74, 6) is -0.889. The van der Waals surface area contributed by atoms with Crippen molar-refractivity contribution in [2.75, 3.05) is 0 Å². The number of hydrogen-bond acceptors (Lipinski definition) is 1. The molecule has 0 aliphatic heterocycles. The zero-order valence-electron chi connectivity index (χ0n) is 9.46. The first kappa shape index (κ1) is 12.6. The van der Waals surface area contributed by atoms with Gasteiger partial charge >= 0.3 is 5.97 Å². The lowest BCUT2D eigenvalue weighted by atomic mass is 10.0. The van der Waals surface area contributed by atoms with E-state index in [0.29, 0.717) is 5.56 Å². The molecule has 0 saturated carbocycles. The molecule has 3 aromatic rings. The molecule has 0 radical (unpaired) electrons. The van der Waals surface area contributed by atoms with Crippen LogP contribution in [0.15, 0.2) is 54.6 Å². The van der Waals surface area contributed by atoms with Crippen LogP contribution in [0.4, 0.5) is 0 Å². The Morgan fingerprint density at radius 3 is 2.28 bits per heavy atom. The van der Waals surface area contributed by atoms with Crippen molar-refractivity contribution in [2.24, 2.45) is 0 Å². The summed E-state index contributed by atoms with van der Waals surface area (Å²) in [5, 5.41) is 13.3. The molecule has 90 valence electrons. The lowest BCUT2D eigenvalue weighted by Gasteiger charge is -2.04. The van der Waals surface area contributed by atoms with Crippen LogP contribution < -0.4 is 0 Å². The molecule has 3 aromatic carbocycles. The number of carbonyl (C=O) groups is 1. The van der Waals surface area contributed by atoms with Crippen molar-refractivity contribution in [1.29, 1.82) is 0 Å². The average molecular weight is 303 g/mol. The third-order valence-electron chi connectivity index (χ3n) is 2.99. The van der Waals surface area contributed by atoms with Crippen molar-refractivity contribution in [1.82, 2.24) is 0 Å². The van der Waals surface area contributed by atoms with E-state index in [9.17, 15) is 4.79 Å². The van der Waals surface area contributed by atoms with Crippen LogP contribution in [-0.2, 0) is 0 Å². The number of aromatic carboxylic acids is 1. The van der Waals surface area contributed by atoms with E-state index >= 15 is 0 Å². The number of carboxylic acids is 1.